The monoisotopic (exact) mass is 322 g/mol. The molecule has 0 radical (unpaired) electrons. The van der Waals surface area contributed by atoms with E-state index in [0.717, 1.165) is 28.8 Å². The van der Waals surface area contributed by atoms with E-state index in [1.165, 1.54) is 0 Å². The van der Waals surface area contributed by atoms with Gasteiger partial charge in [-0.05, 0) is 28.4 Å². The molecule has 1 aliphatic heterocycles. The molecule has 0 aromatic carbocycles. The molecular formula is C13H15BrN4O. The summed E-state index contributed by atoms with van der Waals surface area (Å²) in [4.78, 5) is 4.16. The molecule has 1 N–H and O–H groups in total. The summed E-state index contributed by atoms with van der Waals surface area (Å²) in [7, 11) is 1.92. The highest BCUT2D eigenvalue weighted by Crippen LogP contribution is 2.31. The first-order valence-corrected chi connectivity index (χ1v) is 6.99. The van der Waals surface area contributed by atoms with Gasteiger partial charge in [-0.25, -0.2) is 0 Å². The molecule has 0 saturated carbocycles. The number of anilines is 1. The molecule has 1 fully saturated rings. The maximum Gasteiger partial charge on any atom is 0.106 e. The highest BCUT2D eigenvalue weighted by Gasteiger charge is 2.30. The number of nitrogens with zero attached hydrogens (tertiary/aromatic N) is 3. The SMILES string of the molecule is Cn1cc([C@H]2OCC[C@@H]2Nc2cncc(Br)c2)cn1. The molecule has 3 rings (SSSR count). The Bertz CT molecular complexity index is 571. The van der Waals surface area contributed by atoms with Crippen LogP contribution in [0, 0.1) is 0 Å². The van der Waals surface area contributed by atoms with Gasteiger partial charge in [0.15, 0.2) is 0 Å². The zero-order valence-electron chi connectivity index (χ0n) is 10.6. The lowest BCUT2D eigenvalue weighted by Gasteiger charge is -2.19. The lowest BCUT2D eigenvalue weighted by molar-refractivity contribution is 0.107. The summed E-state index contributed by atoms with van der Waals surface area (Å²) in [6.07, 6.45) is 8.49. The summed E-state index contributed by atoms with van der Waals surface area (Å²) >= 11 is 3.43. The number of nitrogens with one attached hydrogen (secondary N) is 1. The van der Waals surface area contributed by atoms with E-state index in [1.807, 2.05) is 31.7 Å². The van der Waals surface area contributed by atoms with Crippen LogP contribution in [0.3, 0.4) is 0 Å². The Morgan fingerprint density at radius 3 is 3.05 bits per heavy atom. The van der Waals surface area contributed by atoms with Gasteiger partial charge in [-0.1, -0.05) is 0 Å². The lowest BCUT2D eigenvalue weighted by Crippen LogP contribution is -2.23. The maximum atomic E-state index is 5.82. The zero-order valence-corrected chi connectivity index (χ0v) is 12.2. The first-order valence-electron chi connectivity index (χ1n) is 6.19. The topological polar surface area (TPSA) is 52.0 Å². The van der Waals surface area contributed by atoms with Gasteiger partial charge in [0.05, 0.1) is 24.1 Å². The van der Waals surface area contributed by atoms with Gasteiger partial charge in [0, 0.05) is 36.1 Å². The van der Waals surface area contributed by atoms with E-state index in [2.05, 4.69) is 31.3 Å². The van der Waals surface area contributed by atoms with Crippen LogP contribution < -0.4 is 5.32 Å². The Balaban J connectivity index is 1.76. The molecule has 2 atom stereocenters. The molecule has 3 heterocycles. The molecule has 2 aromatic rings. The summed E-state index contributed by atoms with van der Waals surface area (Å²) in [6, 6.07) is 2.27. The van der Waals surface area contributed by atoms with Crippen molar-refractivity contribution in [2.24, 2.45) is 7.05 Å². The fourth-order valence-corrected chi connectivity index (χ4v) is 2.72. The third kappa shape index (κ3) is 2.79. The maximum absolute atomic E-state index is 5.82. The molecule has 5 nitrogen and oxygen atoms in total. The van der Waals surface area contributed by atoms with Crippen LogP contribution in [-0.4, -0.2) is 27.4 Å². The third-order valence-electron chi connectivity index (χ3n) is 3.20. The molecule has 6 heteroatoms. The van der Waals surface area contributed by atoms with Crippen molar-refractivity contribution < 1.29 is 4.74 Å². The molecule has 0 bridgehead atoms. The fraction of sp³-hybridized carbons (Fsp3) is 0.385. The van der Waals surface area contributed by atoms with Crippen molar-refractivity contribution in [1.29, 1.82) is 0 Å². The minimum absolute atomic E-state index is 0.0488. The normalized spacial score (nSPS) is 22.6. The average molecular weight is 323 g/mol. The van der Waals surface area contributed by atoms with E-state index >= 15 is 0 Å². The van der Waals surface area contributed by atoms with Crippen molar-refractivity contribution in [3.8, 4) is 0 Å². The van der Waals surface area contributed by atoms with Gasteiger partial charge >= 0.3 is 0 Å². The number of aryl methyl sites for hydroxylation is 1. The summed E-state index contributed by atoms with van der Waals surface area (Å²) in [5.74, 6) is 0. The number of hydrogen-bond acceptors (Lipinski definition) is 4. The Labute approximate surface area is 120 Å². The average Bonchev–Trinajstić information content (AvgIpc) is 2.98. The summed E-state index contributed by atoms with van der Waals surface area (Å²) < 4.78 is 8.59. The quantitative estimate of drug-likeness (QED) is 0.943. The minimum atomic E-state index is 0.0488. The van der Waals surface area contributed by atoms with E-state index in [4.69, 9.17) is 4.74 Å². The molecule has 100 valence electrons. The highest BCUT2D eigenvalue weighted by molar-refractivity contribution is 9.10. The van der Waals surface area contributed by atoms with Gasteiger partial charge in [-0.2, -0.15) is 5.10 Å². The van der Waals surface area contributed by atoms with E-state index in [0.29, 0.717) is 0 Å². The molecule has 0 unspecified atom stereocenters. The minimum Gasteiger partial charge on any atom is -0.378 e. The Morgan fingerprint density at radius 2 is 2.32 bits per heavy atom. The van der Waals surface area contributed by atoms with Crippen LogP contribution in [-0.2, 0) is 11.8 Å². The van der Waals surface area contributed by atoms with Gasteiger partial charge in [-0.3, -0.25) is 9.67 Å². The Morgan fingerprint density at radius 1 is 1.42 bits per heavy atom. The first kappa shape index (κ1) is 12.6. The summed E-state index contributed by atoms with van der Waals surface area (Å²) in [5.41, 5.74) is 2.11. The van der Waals surface area contributed by atoms with Crippen LogP contribution in [0.25, 0.3) is 0 Å². The highest BCUT2D eigenvalue weighted by atomic mass is 79.9. The molecule has 1 aliphatic rings. The van der Waals surface area contributed by atoms with Crippen LogP contribution in [0.1, 0.15) is 18.1 Å². The van der Waals surface area contributed by atoms with E-state index < -0.39 is 0 Å². The van der Waals surface area contributed by atoms with E-state index in [9.17, 15) is 0 Å². The van der Waals surface area contributed by atoms with Crippen molar-refractivity contribution in [2.45, 2.75) is 18.6 Å². The van der Waals surface area contributed by atoms with Gasteiger partial charge in [0.1, 0.15) is 6.10 Å². The molecule has 2 aromatic heterocycles. The number of ether oxygens (including phenoxy) is 1. The van der Waals surface area contributed by atoms with Crippen LogP contribution >= 0.6 is 15.9 Å². The molecule has 0 spiro atoms. The number of hydrogen-bond donors (Lipinski definition) is 1. The van der Waals surface area contributed by atoms with E-state index in [1.54, 1.807) is 10.9 Å². The fourth-order valence-electron chi connectivity index (χ4n) is 2.36. The second-order valence-corrected chi connectivity index (χ2v) is 5.59. The van der Waals surface area contributed by atoms with Gasteiger partial charge in [0.2, 0.25) is 0 Å². The first-order chi connectivity index (χ1) is 9.22. The number of aromatic nitrogens is 3. The third-order valence-corrected chi connectivity index (χ3v) is 3.64. The molecule has 0 aliphatic carbocycles. The van der Waals surface area contributed by atoms with Crippen LogP contribution in [0.5, 0.6) is 0 Å². The number of pyridine rings is 1. The molecule has 1 saturated heterocycles. The number of halogens is 1. The Kier molecular flexibility index (Phi) is 3.52. The predicted molar refractivity (Wildman–Crippen MR) is 75.9 cm³/mol. The van der Waals surface area contributed by atoms with Gasteiger partial charge in [0.25, 0.3) is 0 Å². The Hall–Kier alpha value is -1.40. The zero-order chi connectivity index (χ0) is 13.2. The summed E-state index contributed by atoms with van der Waals surface area (Å²) in [6.45, 7) is 0.763. The van der Waals surface area contributed by atoms with Crippen molar-refractivity contribution >= 4 is 21.6 Å². The smallest absolute Gasteiger partial charge is 0.106 e. The van der Waals surface area contributed by atoms with Gasteiger partial charge in [-0.15, -0.1) is 0 Å². The van der Waals surface area contributed by atoms with Gasteiger partial charge < -0.3 is 10.1 Å². The largest absolute Gasteiger partial charge is 0.378 e. The van der Waals surface area contributed by atoms with Crippen molar-refractivity contribution in [2.75, 3.05) is 11.9 Å². The van der Waals surface area contributed by atoms with Crippen molar-refractivity contribution in [3.63, 3.8) is 0 Å². The summed E-state index contributed by atoms with van der Waals surface area (Å²) in [5, 5.41) is 7.69. The predicted octanol–water partition coefficient (Wildman–Crippen LogP) is 2.52. The van der Waals surface area contributed by atoms with Crippen LogP contribution in [0.15, 0.2) is 35.3 Å². The van der Waals surface area contributed by atoms with Crippen molar-refractivity contribution in [3.05, 3.63) is 40.9 Å². The van der Waals surface area contributed by atoms with Crippen molar-refractivity contribution in [1.82, 2.24) is 14.8 Å². The molecule has 0 amide bonds. The van der Waals surface area contributed by atoms with E-state index in [-0.39, 0.29) is 12.1 Å². The lowest BCUT2D eigenvalue weighted by atomic mass is 10.1. The van der Waals surface area contributed by atoms with Crippen LogP contribution in [0.2, 0.25) is 0 Å². The second-order valence-electron chi connectivity index (χ2n) is 4.67. The second kappa shape index (κ2) is 5.30. The molecular weight excluding hydrogens is 308 g/mol. The molecule has 19 heavy (non-hydrogen) atoms. The van der Waals surface area contributed by atoms with Crippen LogP contribution in [0.4, 0.5) is 5.69 Å². The standard InChI is InChI=1S/C13H15BrN4O/c1-18-8-9(5-16-18)13-12(2-3-19-13)17-11-4-10(14)6-15-7-11/h4-8,12-13,17H,2-3H2,1H3/t12-,13+/m0/s1. The number of rotatable bonds is 3.